The second kappa shape index (κ2) is 6.48. The summed E-state index contributed by atoms with van der Waals surface area (Å²) in [6, 6.07) is 10.1. The highest BCUT2D eigenvalue weighted by molar-refractivity contribution is 7.80. The first-order chi connectivity index (χ1) is 10.7. The lowest BCUT2D eigenvalue weighted by Gasteiger charge is -2.25. The first kappa shape index (κ1) is 15.0. The minimum absolute atomic E-state index is 0.0242. The van der Waals surface area contributed by atoms with E-state index < -0.39 is 0 Å². The number of hydrogen-bond donors (Lipinski definition) is 1. The first-order valence-electron chi connectivity index (χ1n) is 7.75. The molecule has 1 saturated heterocycles. The second-order valence-corrected chi connectivity index (χ2v) is 6.01. The highest BCUT2D eigenvalue weighted by atomic mass is 32.1. The third kappa shape index (κ3) is 2.86. The Balaban J connectivity index is 1.96. The summed E-state index contributed by atoms with van der Waals surface area (Å²) in [5.74, 6) is 1.86. The SMILES string of the molecule is CCCCN1C(=S)N[C@H](c2ccccn2)[C@@H]1c1ccc(C)o1. The zero-order valence-electron chi connectivity index (χ0n) is 13.0. The summed E-state index contributed by atoms with van der Waals surface area (Å²) in [6.45, 7) is 5.08. The normalized spacial score (nSPS) is 21.2. The zero-order chi connectivity index (χ0) is 15.5. The van der Waals surface area contributed by atoms with E-state index in [1.807, 2.05) is 43.5 Å². The van der Waals surface area contributed by atoms with Crippen molar-refractivity contribution in [1.29, 1.82) is 0 Å². The van der Waals surface area contributed by atoms with Crippen LogP contribution in [-0.4, -0.2) is 21.5 Å². The lowest BCUT2D eigenvalue weighted by atomic mass is 10.0. The standard InChI is InChI=1S/C17H21N3OS/c1-3-4-11-20-16(14-9-8-12(2)21-14)15(19-17(20)22)13-7-5-6-10-18-13/h5-10,15-16H,3-4,11H2,1-2H3,(H,19,22)/t15-,16+/m1/s1. The number of aromatic nitrogens is 1. The first-order valence-corrected chi connectivity index (χ1v) is 8.16. The molecule has 3 heterocycles. The van der Waals surface area contributed by atoms with Gasteiger partial charge in [0.1, 0.15) is 17.6 Å². The van der Waals surface area contributed by atoms with Crippen LogP contribution in [0, 0.1) is 6.92 Å². The summed E-state index contributed by atoms with van der Waals surface area (Å²) in [5.41, 5.74) is 0.989. The molecule has 5 heteroatoms. The summed E-state index contributed by atoms with van der Waals surface area (Å²) >= 11 is 5.56. The Morgan fingerprint density at radius 1 is 1.32 bits per heavy atom. The van der Waals surface area contributed by atoms with Crippen LogP contribution < -0.4 is 5.32 Å². The van der Waals surface area contributed by atoms with Gasteiger partial charge < -0.3 is 14.6 Å². The van der Waals surface area contributed by atoms with Crippen LogP contribution in [0.2, 0.25) is 0 Å². The van der Waals surface area contributed by atoms with Crippen molar-refractivity contribution in [3.05, 3.63) is 53.7 Å². The van der Waals surface area contributed by atoms with Crippen LogP contribution in [0.1, 0.15) is 49.1 Å². The number of hydrogen-bond acceptors (Lipinski definition) is 3. The van der Waals surface area contributed by atoms with Gasteiger partial charge in [0.2, 0.25) is 0 Å². The molecular formula is C17H21N3OS. The summed E-state index contributed by atoms with van der Waals surface area (Å²) in [6.07, 6.45) is 4.06. The molecule has 22 heavy (non-hydrogen) atoms. The molecule has 0 saturated carbocycles. The Morgan fingerprint density at radius 2 is 2.18 bits per heavy atom. The molecule has 1 fully saturated rings. The number of thiocarbonyl (C=S) groups is 1. The molecule has 0 unspecified atom stereocenters. The van der Waals surface area contributed by atoms with Crippen molar-refractivity contribution in [2.45, 2.75) is 38.8 Å². The van der Waals surface area contributed by atoms with Gasteiger partial charge in [0.25, 0.3) is 0 Å². The molecule has 0 amide bonds. The minimum Gasteiger partial charge on any atom is -0.464 e. The summed E-state index contributed by atoms with van der Waals surface area (Å²) < 4.78 is 5.91. The number of pyridine rings is 1. The highest BCUT2D eigenvalue weighted by Crippen LogP contribution is 2.39. The van der Waals surface area contributed by atoms with Gasteiger partial charge in [-0.3, -0.25) is 4.98 Å². The van der Waals surface area contributed by atoms with E-state index in [4.69, 9.17) is 16.6 Å². The van der Waals surface area contributed by atoms with Crippen LogP contribution in [0.15, 0.2) is 40.9 Å². The lowest BCUT2D eigenvalue weighted by Crippen LogP contribution is -2.30. The molecule has 0 aliphatic carbocycles. The van der Waals surface area contributed by atoms with E-state index in [0.717, 1.165) is 41.7 Å². The Hall–Kier alpha value is -1.88. The quantitative estimate of drug-likeness (QED) is 0.851. The largest absolute Gasteiger partial charge is 0.464 e. The average Bonchev–Trinajstić information content (AvgIpc) is 3.09. The van der Waals surface area contributed by atoms with E-state index >= 15 is 0 Å². The van der Waals surface area contributed by atoms with Crippen molar-refractivity contribution in [3.63, 3.8) is 0 Å². The fraction of sp³-hybridized carbons (Fsp3) is 0.412. The summed E-state index contributed by atoms with van der Waals surface area (Å²) in [5, 5.41) is 4.20. The Morgan fingerprint density at radius 3 is 2.82 bits per heavy atom. The van der Waals surface area contributed by atoms with Crippen molar-refractivity contribution in [2.24, 2.45) is 0 Å². The molecule has 4 nitrogen and oxygen atoms in total. The van der Waals surface area contributed by atoms with Crippen molar-refractivity contribution < 1.29 is 4.42 Å². The van der Waals surface area contributed by atoms with E-state index in [2.05, 4.69) is 22.1 Å². The number of unbranched alkanes of at least 4 members (excludes halogenated alkanes) is 1. The number of nitrogens with one attached hydrogen (secondary N) is 1. The third-order valence-corrected chi connectivity index (χ3v) is 4.36. The molecule has 0 bridgehead atoms. The Labute approximate surface area is 136 Å². The number of aryl methyl sites for hydroxylation is 1. The van der Waals surface area contributed by atoms with Crippen molar-refractivity contribution in [1.82, 2.24) is 15.2 Å². The maximum Gasteiger partial charge on any atom is 0.170 e. The fourth-order valence-electron chi connectivity index (χ4n) is 2.90. The molecule has 1 N–H and O–H groups in total. The molecule has 1 aliphatic rings. The van der Waals surface area contributed by atoms with Gasteiger partial charge in [0.15, 0.2) is 5.11 Å². The molecule has 0 spiro atoms. The highest BCUT2D eigenvalue weighted by Gasteiger charge is 2.41. The van der Waals surface area contributed by atoms with E-state index in [9.17, 15) is 0 Å². The molecule has 2 aromatic rings. The van der Waals surface area contributed by atoms with Gasteiger partial charge in [-0.25, -0.2) is 0 Å². The monoisotopic (exact) mass is 315 g/mol. The Bertz CT molecular complexity index is 640. The maximum absolute atomic E-state index is 5.91. The van der Waals surface area contributed by atoms with Crippen molar-refractivity contribution in [3.8, 4) is 0 Å². The number of rotatable bonds is 5. The summed E-state index contributed by atoms with van der Waals surface area (Å²) in [4.78, 5) is 6.73. The zero-order valence-corrected chi connectivity index (χ0v) is 13.8. The van der Waals surface area contributed by atoms with Crippen LogP contribution in [0.5, 0.6) is 0 Å². The van der Waals surface area contributed by atoms with E-state index in [1.54, 1.807) is 0 Å². The van der Waals surface area contributed by atoms with Crippen LogP contribution >= 0.6 is 12.2 Å². The lowest BCUT2D eigenvalue weighted by molar-refractivity contribution is 0.266. The molecular weight excluding hydrogens is 294 g/mol. The van der Waals surface area contributed by atoms with Crippen LogP contribution in [0.25, 0.3) is 0 Å². The molecule has 1 aliphatic heterocycles. The smallest absolute Gasteiger partial charge is 0.170 e. The van der Waals surface area contributed by atoms with Gasteiger partial charge in [-0.05, 0) is 49.8 Å². The topological polar surface area (TPSA) is 41.3 Å². The number of nitrogens with zero attached hydrogens (tertiary/aromatic N) is 2. The van der Waals surface area contributed by atoms with Crippen molar-refractivity contribution in [2.75, 3.05) is 6.54 Å². The van der Waals surface area contributed by atoms with E-state index in [1.165, 1.54) is 0 Å². The van der Waals surface area contributed by atoms with Gasteiger partial charge in [-0.2, -0.15) is 0 Å². The van der Waals surface area contributed by atoms with Crippen LogP contribution in [-0.2, 0) is 0 Å². The predicted molar refractivity (Wildman–Crippen MR) is 90.5 cm³/mol. The fourth-order valence-corrected chi connectivity index (χ4v) is 3.23. The predicted octanol–water partition coefficient (Wildman–Crippen LogP) is 3.76. The van der Waals surface area contributed by atoms with E-state index in [0.29, 0.717) is 0 Å². The van der Waals surface area contributed by atoms with Gasteiger partial charge in [-0.15, -0.1) is 0 Å². The molecule has 0 aromatic carbocycles. The molecule has 3 rings (SSSR count). The van der Waals surface area contributed by atoms with Gasteiger partial charge >= 0.3 is 0 Å². The third-order valence-electron chi connectivity index (χ3n) is 4.00. The van der Waals surface area contributed by atoms with Crippen molar-refractivity contribution >= 4 is 17.3 Å². The Kier molecular flexibility index (Phi) is 4.43. The minimum atomic E-state index is 0.0242. The molecule has 2 atom stereocenters. The van der Waals surface area contributed by atoms with Crippen LogP contribution in [0.3, 0.4) is 0 Å². The van der Waals surface area contributed by atoms with Crippen LogP contribution in [0.4, 0.5) is 0 Å². The van der Waals surface area contributed by atoms with Gasteiger partial charge in [0.05, 0.1) is 11.7 Å². The molecule has 0 radical (unpaired) electrons. The summed E-state index contributed by atoms with van der Waals surface area (Å²) in [7, 11) is 0. The maximum atomic E-state index is 5.91. The van der Waals surface area contributed by atoms with Gasteiger partial charge in [-0.1, -0.05) is 19.4 Å². The average molecular weight is 315 g/mol. The molecule has 116 valence electrons. The van der Waals surface area contributed by atoms with E-state index in [-0.39, 0.29) is 12.1 Å². The molecule has 2 aromatic heterocycles. The van der Waals surface area contributed by atoms with Gasteiger partial charge in [0, 0.05) is 12.7 Å². The number of furan rings is 1. The second-order valence-electron chi connectivity index (χ2n) is 5.62.